The van der Waals surface area contributed by atoms with Crippen LogP contribution in [0.25, 0.3) is 0 Å². The molecule has 0 spiro atoms. The fraction of sp³-hybridized carbons (Fsp3) is 0.593. The molecule has 67 heavy (non-hydrogen) atoms. The van der Waals surface area contributed by atoms with Gasteiger partial charge in [0.25, 0.3) is 0 Å². The van der Waals surface area contributed by atoms with Crippen LogP contribution in [0.3, 0.4) is 0 Å². The number of halogens is 1. The lowest BCUT2D eigenvalue weighted by Gasteiger charge is -2.28. The predicted octanol–water partition coefficient (Wildman–Crippen LogP) is 10.6. The van der Waals surface area contributed by atoms with Crippen LogP contribution in [0.2, 0.25) is 0 Å². The van der Waals surface area contributed by atoms with Gasteiger partial charge in [-0.1, -0.05) is 48.5 Å². The van der Waals surface area contributed by atoms with E-state index in [9.17, 15) is 23.6 Å². The number of carbonyl (C=O) groups is 4. The number of benzene rings is 3. The van der Waals surface area contributed by atoms with E-state index >= 15 is 0 Å². The highest BCUT2D eigenvalue weighted by Crippen LogP contribution is 2.33. The maximum Gasteiger partial charge on any atom is 0.410 e. The molecule has 0 unspecified atom stereocenters. The summed E-state index contributed by atoms with van der Waals surface area (Å²) in [7, 11) is 1.52. The van der Waals surface area contributed by atoms with Crippen molar-refractivity contribution in [3.8, 4) is 5.75 Å². The average molecular weight is 930 g/mol. The van der Waals surface area contributed by atoms with Crippen molar-refractivity contribution in [3.05, 3.63) is 100 Å². The molecular formula is C54H76FN3O9. The van der Waals surface area contributed by atoms with Crippen molar-refractivity contribution >= 4 is 24.1 Å². The number of ether oxygens (including phenoxy) is 5. The standard InChI is InChI=1S/C54H76FN3O9/c1-51(2,3)64-47(59)45(41-20-22-57(34-41)49(61)66-53(7,8)9)28-36-16-14-18-38(24-36)31-56(33-40-26-43(55)30-44(27-40)63-13)32-39-19-15-17-37(25-39)29-46(48(60)65-52(4,5)6)42-21-23-58(35-42)50(62)67-54(10,11)12/h14-19,24-27,30,41-42,45-46H,20-23,28-29,31-35H2,1-13H3/t41-,42-,45-,46-/m0/s1. The SMILES string of the molecule is COc1cc(F)cc(CN(Cc2cccc(C[C@H](C(=O)OC(C)(C)C)[C@H]3CCN(C(=O)OC(C)(C)C)C3)c2)Cc2cccc(C[C@H](C(=O)OC(C)(C)C)[C@H]3CCN(C(=O)OC(C)(C)C)C3)c2)c1. The summed E-state index contributed by atoms with van der Waals surface area (Å²) in [6.45, 7) is 25.4. The molecule has 0 N–H and O–H groups in total. The van der Waals surface area contributed by atoms with Crippen molar-refractivity contribution in [1.29, 1.82) is 0 Å². The van der Waals surface area contributed by atoms with Crippen molar-refractivity contribution in [2.75, 3.05) is 33.3 Å². The summed E-state index contributed by atoms with van der Waals surface area (Å²) in [6, 6.07) is 21.1. The summed E-state index contributed by atoms with van der Waals surface area (Å²) in [5, 5.41) is 0. The van der Waals surface area contributed by atoms with Crippen molar-refractivity contribution in [2.45, 2.75) is 151 Å². The molecule has 0 saturated carbocycles. The van der Waals surface area contributed by atoms with Crippen molar-refractivity contribution in [3.63, 3.8) is 0 Å². The highest BCUT2D eigenvalue weighted by molar-refractivity contribution is 5.75. The van der Waals surface area contributed by atoms with E-state index in [1.165, 1.54) is 19.2 Å². The molecule has 2 heterocycles. The number of methoxy groups -OCH3 is 1. The van der Waals surface area contributed by atoms with E-state index in [1.807, 2.05) is 113 Å². The second-order valence-corrected chi connectivity index (χ2v) is 22.4. The summed E-state index contributed by atoms with van der Waals surface area (Å²) < 4.78 is 43.6. The molecule has 0 radical (unpaired) electrons. The zero-order valence-corrected chi connectivity index (χ0v) is 42.3. The Morgan fingerprint density at radius 2 is 0.955 bits per heavy atom. The van der Waals surface area contributed by atoms with Crippen molar-refractivity contribution in [1.82, 2.24) is 14.7 Å². The van der Waals surface area contributed by atoms with Crippen LogP contribution >= 0.6 is 0 Å². The smallest absolute Gasteiger partial charge is 0.410 e. The fourth-order valence-corrected chi connectivity index (χ4v) is 8.85. The molecule has 3 aromatic carbocycles. The third kappa shape index (κ3) is 17.1. The maximum absolute atomic E-state index is 14.9. The minimum atomic E-state index is -0.686. The van der Waals surface area contributed by atoms with Crippen molar-refractivity contribution in [2.24, 2.45) is 23.7 Å². The van der Waals surface area contributed by atoms with E-state index in [4.69, 9.17) is 23.7 Å². The van der Waals surface area contributed by atoms with Crippen LogP contribution in [0.1, 0.15) is 124 Å². The van der Waals surface area contributed by atoms with Crippen LogP contribution in [0.4, 0.5) is 14.0 Å². The Morgan fingerprint density at radius 1 is 0.567 bits per heavy atom. The third-order valence-electron chi connectivity index (χ3n) is 11.6. The number of esters is 2. The molecule has 0 bridgehead atoms. The number of hydrogen-bond donors (Lipinski definition) is 0. The predicted molar refractivity (Wildman–Crippen MR) is 257 cm³/mol. The third-order valence-corrected chi connectivity index (χ3v) is 11.6. The van der Waals surface area contributed by atoms with E-state index in [0.29, 0.717) is 77.2 Å². The van der Waals surface area contributed by atoms with Gasteiger partial charge in [-0.2, -0.15) is 0 Å². The molecule has 13 heteroatoms. The molecule has 4 atom stereocenters. The van der Waals surface area contributed by atoms with E-state index in [1.54, 1.807) is 9.80 Å². The Balaban J connectivity index is 1.40. The first-order chi connectivity index (χ1) is 31.1. The van der Waals surface area contributed by atoms with Crippen LogP contribution < -0.4 is 4.74 Å². The van der Waals surface area contributed by atoms with Gasteiger partial charge in [0.1, 0.15) is 34.0 Å². The summed E-state index contributed by atoms with van der Waals surface area (Å²) in [4.78, 5) is 59.5. The number of hydrogen-bond acceptors (Lipinski definition) is 10. The highest BCUT2D eigenvalue weighted by atomic mass is 19.1. The molecule has 2 fully saturated rings. The van der Waals surface area contributed by atoms with Gasteiger partial charge in [0.05, 0.1) is 18.9 Å². The Hall–Kier alpha value is -5.17. The summed E-state index contributed by atoms with van der Waals surface area (Å²) in [6.07, 6.45) is 1.38. The van der Waals surface area contributed by atoms with Gasteiger partial charge >= 0.3 is 24.1 Å². The van der Waals surface area contributed by atoms with Gasteiger partial charge in [-0.25, -0.2) is 14.0 Å². The maximum atomic E-state index is 14.9. The molecule has 0 aromatic heterocycles. The number of nitrogens with zero attached hydrogens (tertiary/aromatic N) is 3. The molecule has 2 aliphatic rings. The summed E-state index contributed by atoms with van der Waals surface area (Å²) >= 11 is 0. The summed E-state index contributed by atoms with van der Waals surface area (Å²) in [5.74, 6) is -1.78. The molecular weight excluding hydrogens is 854 g/mol. The number of carbonyl (C=O) groups excluding carboxylic acids is 4. The largest absolute Gasteiger partial charge is 0.497 e. The lowest BCUT2D eigenvalue weighted by Crippen LogP contribution is -2.38. The van der Waals surface area contributed by atoms with Crippen LogP contribution in [0.15, 0.2) is 66.7 Å². The number of rotatable bonds is 15. The average Bonchev–Trinajstić information content (AvgIpc) is 3.88. The van der Waals surface area contributed by atoms with Gasteiger partial charge < -0.3 is 33.5 Å². The normalized spacial score (nSPS) is 17.8. The zero-order valence-electron chi connectivity index (χ0n) is 42.3. The van der Waals surface area contributed by atoms with E-state index in [0.717, 1.165) is 27.8 Å². The Morgan fingerprint density at radius 3 is 1.34 bits per heavy atom. The highest BCUT2D eigenvalue weighted by Gasteiger charge is 2.41. The number of likely N-dealkylation sites (tertiary alicyclic amines) is 2. The minimum absolute atomic E-state index is 0.120. The van der Waals surface area contributed by atoms with Gasteiger partial charge in [0.2, 0.25) is 0 Å². The lowest BCUT2D eigenvalue weighted by molar-refractivity contribution is -0.163. The molecule has 3 aromatic rings. The monoisotopic (exact) mass is 930 g/mol. The first kappa shape index (κ1) is 52.8. The van der Waals surface area contributed by atoms with E-state index < -0.39 is 40.1 Å². The molecule has 5 rings (SSSR count). The molecule has 12 nitrogen and oxygen atoms in total. The van der Waals surface area contributed by atoms with Gasteiger partial charge in [-0.15, -0.1) is 0 Å². The minimum Gasteiger partial charge on any atom is -0.497 e. The molecule has 2 amide bonds. The lowest BCUT2D eigenvalue weighted by atomic mass is 9.85. The second kappa shape index (κ2) is 21.8. The van der Waals surface area contributed by atoms with Crippen LogP contribution in [0, 0.1) is 29.5 Å². The van der Waals surface area contributed by atoms with Gasteiger partial charge in [0.15, 0.2) is 0 Å². The second-order valence-electron chi connectivity index (χ2n) is 22.4. The van der Waals surface area contributed by atoms with Crippen LogP contribution in [-0.2, 0) is 61.0 Å². The van der Waals surface area contributed by atoms with Crippen LogP contribution in [0.5, 0.6) is 5.75 Å². The molecule has 2 saturated heterocycles. The fourth-order valence-electron chi connectivity index (χ4n) is 8.85. The first-order valence-electron chi connectivity index (χ1n) is 23.7. The van der Waals surface area contributed by atoms with Crippen molar-refractivity contribution < 1.29 is 47.3 Å². The molecule has 2 aliphatic heterocycles. The number of amides is 2. The Bertz CT molecular complexity index is 2060. The Kier molecular flexibility index (Phi) is 17.2. The van der Waals surface area contributed by atoms with Crippen LogP contribution in [-0.4, -0.2) is 94.5 Å². The quantitative estimate of drug-likeness (QED) is 0.107. The van der Waals surface area contributed by atoms with E-state index in [-0.39, 0.29) is 36.0 Å². The van der Waals surface area contributed by atoms with Gasteiger partial charge in [0, 0.05) is 51.9 Å². The molecule has 0 aliphatic carbocycles. The van der Waals surface area contributed by atoms with Gasteiger partial charge in [-0.05, 0) is 161 Å². The van der Waals surface area contributed by atoms with E-state index in [2.05, 4.69) is 29.2 Å². The zero-order chi connectivity index (χ0) is 49.5. The molecule has 368 valence electrons. The van der Waals surface area contributed by atoms with Gasteiger partial charge in [-0.3, -0.25) is 14.5 Å². The topological polar surface area (TPSA) is 124 Å². The first-order valence-corrected chi connectivity index (χ1v) is 23.7. The Labute approximate surface area is 398 Å². The summed E-state index contributed by atoms with van der Waals surface area (Å²) in [5.41, 5.74) is 2.03.